The summed E-state index contributed by atoms with van der Waals surface area (Å²) >= 11 is 5.57. The summed E-state index contributed by atoms with van der Waals surface area (Å²) in [6.07, 6.45) is 1.96. The Hall–Kier alpha value is -2.93. The molecule has 0 bridgehead atoms. The van der Waals surface area contributed by atoms with Crippen molar-refractivity contribution in [2.45, 2.75) is 13.3 Å². The van der Waals surface area contributed by atoms with E-state index in [1.807, 2.05) is 6.92 Å². The number of pyridine rings is 1. The van der Waals surface area contributed by atoms with E-state index in [9.17, 15) is 14.0 Å². The van der Waals surface area contributed by atoms with Gasteiger partial charge in [0, 0.05) is 30.9 Å². The Morgan fingerprint density at radius 3 is 2.74 bits per heavy atom. The van der Waals surface area contributed by atoms with Gasteiger partial charge in [0.05, 0.1) is 5.02 Å². The lowest BCUT2D eigenvalue weighted by Gasteiger charge is -2.10. The summed E-state index contributed by atoms with van der Waals surface area (Å²) in [7, 11) is 0. The molecule has 0 radical (unpaired) electrons. The molecule has 0 aliphatic heterocycles. The molecule has 0 unspecified atom stereocenters. The summed E-state index contributed by atoms with van der Waals surface area (Å²) in [5.74, 6) is -1.18. The maximum atomic E-state index is 13.3. The van der Waals surface area contributed by atoms with Gasteiger partial charge < -0.3 is 15.4 Å². The van der Waals surface area contributed by atoms with Crippen LogP contribution in [0.15, 0.2) is 48.8 Å². The smallest absolute Gasteiger partial charge is 0.269 e. The van der Waals surface area contributed by atoms with Crippen molar-refractivity contribution in [1.82, 2.24) is 15.6 Å². The van der Waals surface area contributed by atoms with Gasteiger partial charge in [0.15, 0.2) is 6.61 Å². The van der Waals surface area contributed by atoms with Crippen LogP contribution in [0.3, 0.4) is 0 Å². The maximum Gasteiger partial charge on any atom is 0.269 e. The molecule has 142 valence electrons. The van der Waals surface area contributed by atoms with Crippen LogP contribution in [-0.4, -0.2) is 29.9 Å². The summed E-state index contributed by atoms with van der Waals surface area (Å²) in [5.41, 5.74) is 1.70. The van der Waals surface area contributed by atoms with Crippen molar-refractivity contribution in [3.05, 3.63) is 70.9 Å². The van der Waals surface area contributed by atoms with E-state index in [1.165, 1.54) is 12.1 Å². The number of nitrogens with one attached hydrogen (secondary N) is 2. The fourth-order valence-electron chi connectivity index (χ4n) is 2.03. The third-order valence-corrected chi connectivity index (χ3v) is 3.74. The van der Waals surface area contributed by atoms with E-state index in [2.05, 4.69) is 22.2 Å². The minimum atomic E-state index is -0.627. The van der Waals surface area contributed by atoms with Crippen molar-refractivity contribution in [3.63, 3.8) is 0 Å². The topological polar surface area (TPSA) is 80.3 Å². The van der Waals surface area contributed by atoms with Crippen LogP contribution in [0.5, 0.6) is 5.75 Å². The maximum absolute atomic E-state index is 13.3. The molecule has 27 heavy (non-hydrogen) atoms. The lowest BCUT2D eigenvalue weighted by Crippen LogP contribution is -2.31. The van der Waals surface area contributed by atoms with E-state index in [-0.39, 0.29) is 29.8 Å². The highest BCUT2D eigenvalue weighted by atomic mass is 35.5. The van der Waals surface area contributed by atoms with E-state index in [0.29, 0.717) is 17.8 Å². The molecule has 6 nitrogen and oxygen atoms in total. The van der Waals surface area contributed by atoms with Gasteiger partial charge >= 0.3 is 0 Å². The molecular weight excluding hydrogens is 373 g/mol. The number of aromatic nitrogens is 1. The van der Waals surface area contributed by atoms with E-state index < -0.39 is 11.7 Å². The first-order valence-corrected chi connectivity index (χ1v) is 8.49. The van der Waals surface area contributed by atoms with Crippen molar-refractivity contribution in [3.8, 4) is 5.75 Å². The summed E-state index contributed by atoms with van der Waals surface area (Å²) in [6.45, 7) is 5.59. The highest BCUT2D eigenvalue weighted by molar-refractivity contribution is 6.30. The minimum absolute atomic E-state index is 0.0249. The molecule has 2 N–H and O–H groups in total. The third kappa shape index (κ3) is 6.71. The van der Waals surface area contributed by atoms with Gasteiger partial charge in [0.1, 0.15) is 17.3 Å². The monoisotopic (exact) mass is 391 g/mol. The number of rotatable bonds is 8. The molecule has 0 aliphatic carbocycles. The molecule has 0 atom stereocenters. The zero-order valence-electron chi connectivity index (χ0n) is 14.7. The van der Waals surface area contributed by atoms with Gasteiger partial charge in [-0.3, -0.25) is 14.6 Å². The normalized spacial score (nSPS) is 10.2. The average molecular weight is 392 g/mol. The summed E-state index contributed by atoms with van der Waals surface area (Å²) in [6, 6.07) is 7.34. The number of halogens is 2. The lowest BCUT2D eigenvalue weighted by atomic mass is 10.2. The third-order valence-electron chi connectivity index (χ3n) is 3.43. The van der Waals surface area contributed by atoms with Crippen LogP contribution in [0.1, 0.15) is 22.5 Å². The van der Waals surface area contributed by atoms with E-state index in [4.69, 9.17) is 16.3 Å². The van der Waals surface area contributed by atoms with Gasteiger partial charge in [-0.15, -0.1) is 0 Å². The first-order valence-electron chi connectivity index (χ1n) is 8.11. The molecule has 2 aromatic rings. The van der Waals surface area contributed by atoms with Crippen LogP contribution in [0.4, 0.5) is 4.39 Å². The second kappa shape index (κ2) is 9.68. The van der Waals surface area contributed by atoms with Gasteiger partial charge in [-0.2, -0.15) is 0 Å². The van der Waals surface area contributed by atoms with Crippen LogP contribution in [-0.2, 0) is 4.79 Å². The van der Waals surface area contributed by atoms with E-state index in [1.54, 1.807) is 18.3 Å². The Morgan fingerprint density at radius 1 is 1.30 bits per heavy atom. The highest BCUT2D eigenvalue weighted by Gasteiger charge is 2.09. The summed E-state index contributed by atoms with van der Waals surface area (Å²) < 4.78 is 18.5. The fourth-order valence-corrected chi connectivity index (χ4v) is 2.15. The van der Waals surface area contributed by atoms with Crippen LogP contribution >= 0.6 is 11.6 Å². The number of nitrogens with zero attached hydrogens (tertiary/aromatic N) is 1. The van der Waals surface area contributed by atoms with Crippen LogP contribution < -0.4 is 15.4 Å². The quantitative estimate of drug-likeness (QED) is 0.724. The largest absolute Gasteiger partial charge is 0.484 e. The first-order chi connectivity index (χ1) is 12.8. The van der Waals surface area contributed by atoms with Crippen molar-refractivity contribution in [1.29, 1.82) is 0 Å². The number of carbonyl (C=O) groups is 2. The number of benzene rings is 1. The predicted molar refractivity (Wildman–Crippen MR) is 100 cm³/mol. The number of aryl methyl sites for hydroxylation is 1. The van der Waals surface area contributed by atoms with Gasteiger partial charge in [-0.1, -0.05) is 24.2 Å². The highest BCUT2D eigenvalue weighted by Crippen LogP contribution is 2.20. The fraction of sp³-hybridized carbons (Fsp3) is 0.211. The first kappa shape index (κ1) is 20.4. The molecule has 1 aromatic carbocycles. The second-order valence-electron chi connectivity index (χ2n) is 5.74. The standard InChI is InChI=1S/C19H19ClFN3O3/c1-12-3-6-17(23-10-12)19(26)22-8-7-13(2)24-18(25)11-27-14-4-5-15(20)16(21)9-14/h3-6,9-10H,2,7-8,11H2,1H3,(H,22,26)(H,24,25). The van der Waals surface area contributed by atoms with Gasteiger partial charge in [0.25, 0.3) is 11.8 Å². The van der Waals surface area contributed by atoms with Crippen molar-refractivity contribution in [2.24, 2.45) is 0 Å². The molecule has 0 fully saturated rings. The molecule has 0 saturated carbocycles. The molecule has 2 amide bonds. The summed E-state index contributed by atoms with van der Waals surface area (Å²) in [5, 5.41) is 5.22. The van der Waals surface area contributed by atoms with Crippen molar-refractivity contribution < 1.29 is 18.7 Å². The van der Waals surface area contributed by atoms with Crippen LogP contribution in [0.2, 0.25) is 5.02 Å². The number of hydrogen-bond acceptors (Lipinski definition) is 4. The molecule has 1 aromatic heterocycles. The number of amides is 2. The van der Waals surface area contributed by atoms with Crippen molar-refractivity contribution >= 4 is 23.4 Å². The number of ether oxygens (including phenoxy) is 1. The van der Waals surface area contributed by atoms with Crippen LogP contribution in [0, 0.1) is 12.7 Å². The average Bonchev–Trinajstić information content (AvgIpc) is 2.63. The lowest BCUT2D eigenvalue weighted by molar-refractivity contribution is -0.122. The zero-order valence-corrected chi connectivity index (χ0v) is 15.5. The Kier molecular flexibility index (Phi) is 7.31. The Labute approximate surface area is 161 Å². The second-order valence-corrected chi connectivity index (χ2v) is 6.15. The van der Waals surface area contributed by atoms with E-state index in [0.717, 1.165) is 11.6 Å². The molecule has 0 aliphatic rings. The zero-order chi connectivity index (χ0) is 19.8. The molecule has 0 spiro atoms. The van der Waals surface area contributed by atoms with Gasteiger partial charge in [-0.05, 0) is 30.7 Å². The Balaban J connectivity index is 1.68. The minimum Gasteiger partial charge on any atom is -0.484 e. The predicted octanol–water partition coefficient (Wildman–Crippen LogP) is 3.01. The number of carbonyl (C=O) groups excluding carboxylic acids is 2. The van der Waals surface area contributed by atoms with Gasteiger partial charge in [0.2, 0.25) is 0 Å². The summed E-state index contributed by atoms with van der Waals surface area (Å²) in [4.78, 5) is 27.8. The molecule has 8 heteroatoms. The number of hydrogen-bond donors (Lipinski definition) is 2. The van der Waals surface area contributed by atoms with E-state index >= 15 is 0 Å². The molecular formula is C19H19ClFN3O3. The van der Waals surface area contributed by atoms with Gasteiger partial charge in [-0.25, -0.2) is 4.39 Å². The molecule has 0 saturated heterocycles. The Morgan fingerprint density at radius 2 is 2.07 bits per heavy atom. The van der Waals surface area contributed by atoms with Crippen molar-refractivity contribution in [2.75, 3.05) is 13.2 Å². The Bertz CT molecular complexity index is 841. The van der Waals surface area contributed by atoms with Crippen LogP contribution in [0.25, 0.3) is 0 Å². The molecule has 1 heterocycles. The molecule has 2 rings (SSSR count). The SMILES string of the molecule is C=C(CCNC(=O)c1ccc(C)cn1)NC(=O)COc1ccc(Cl)c(F)c1.